The molecule has 0 radical (unpaired) electrons. The Bertz CT molecular complexity index is 1720. The van der Waals surface area contributed by atoms with E-state index in [9.17, 15) is 0 Å². The number of fused-ring (bicyclic) bond motifs is 3. The Morgan fingerprint density at radius 1 is 0.824 bits per heavy atom. The molecule has 0 aliphatic heterocycles. The van der Waals surface area contributed by atoms with Crippen LogP contribution in [0.15, 0.2) is 101 Å². The second kappa shape index (κ2) is 8.05. The SMILES string of the molecule is C=Nc1c(N=CC)c(=C(c2ccccc2)c2ccccc2)c2cccc3c4nccnc4n1c23. The van der Waals surface area contributed by atoms with Crippen LogP contribution in [0.4, 0.5) is 11.5 Å². The van der Waals surface area contributed by atoms with Crippen LogP contribution < -0.4 is 5.22 Å². The van der Waals surface area contributed by atoms with Crippen LogP contribution in [0.3, 0.4) is 0 Å². The topological polar surface area (TPSA) is 54.9 Å². The molecule has 6 rings (SSSR count). The summed E-state index contributed by atoms with van der Waals surface area (Å²) in [6.07, 6.45) is 5.23. The molecule has 0 fully saturated rings. The first-order valence-corrected chi connectivity index (χ1v) is 11.1. The summed E-state index contributed by atoms with van der Waals surface area (Å²) < 4.78 is 2.04. The second-order valence-corrected chi connectivity index (χ2v) is 7.97. The highest BCUT2D eigenvalue weighted by atomic mass is 15.1. The first-order valence-electron chi connectivity index (χ1n) is 11.1. The van der Waals surface area contributed by atoms with Gasteiger partial charge in [0.05, 0.1) is 5.52 Å². The van der Waals surface area contributed by atoms with Gasteiger partial charge in [-0.15, -0.1) is 0 Å². The van der Waals surface area contributed by atoms with Gasteiger partial charge >= 0.3 is 0 Å². The van der Waals surface area contributed by atoms with E-state index < -0.39 is 0 Å². The number of benzene rings is 3. The Balaban J connectivity index is 2.00. The lowest BCUT2D eigenvalue weighted by Crippen LogP contribution is -2.13. The van der Waals surface area contributed by atoms with Gasteiger partial charge in [0.2, 0.25) is 0 Å². The lowest BCUT2D eigenvalue weighted by atomic mass is 9.93. The van der Waals surface area contributed by atoms with E-state index in [0.29, 0.717) is 5.82 Å². The number of aromatic nitrogens is 3. The third-order valence-corrected chi connectivity index (χ3v) is 6.12. The molecule has 0 spiro atoms. The van der Waals surface area contributed by atoms with Crippen molar-refractivity contribution < 1.29 is 0 Å². The van der Waals surface area contributed by atoms with Crippen molar-refractivity contribution in [2.45, 2.75) is 6.92 Å². The molecular weight excluding hydrogens is 418 g/mol. The number of para-hydroxylation sites is 1. The Hall–Kier alpha value is -4.64. The van der Waals surface area contributed by atoms with Crippen LogP contribution in [-0.4, -0.2) is 27.3 Å². The van der Waals surface area contributed by atoms with Gasteiger partial charge in [-0.25, -0.2) is 9.98 Å². The van der Waals surface area contributed by atoms with Crippen LogP contribution in [0.25, 0.3) is 33.0 Å². The largest absolute Gasteiger partial charge is 0.274 e. The number of rotatable bonds is 4. The van der Waals surface area contributed by atoms with Crippen molar-refractivity contribution in [1.29, 1.82) is 0 Å². The predicted octanol–water partition coefficient (Wildman–Crippen LogP) is 6.06. The molecule has 0 bridgehead atoms. The Kier molecular flexibility index (Phi) is 4.73. The normalized spacial score (nSPS) is 11.7. The zero-order valence-electron chi connectivity index (χ0n) is 18.7. The van der Waals surface area contributed by atoms with E-state index in [1.165, 1.54) is 0 Å². The highest BCUT2D eigenvalue weighted by molar-refractivity contribution is 6.14. The molecule has 3 aromatic heterocycles. The molecule has 3 aromatic carbocycles. The molecule has 0 atom stereocenters. The van der Waals surface area contributed by atoms with Crippen LogP contribution in [0.2, 0.25) is 0 Å². The molecule has 0 unspecified atom stereocenters. The van der Waals surface area contributed by atoms with Gasteiger partial charge in [-0.05, 0) is 30.3 Å². The summed E-state index contributed by atoms with van der Waals surface area (Å²) in [7, 11) is 0. The van der Waals surface area contributed by atoms with Crippen molar-refractivity contribution in [2.24, 2.45) is 9.98 Å². The first-order chi connectivity index (χ1) is 16.8. The van der Waals surface area contributed by atoms with Crippen molar-refractivity contribution in [3.05, 3.63) is 108 Å². The fraction of sp³-hybridized carbons (Fsp3) is 0.0345. The van der Waals surface area contributed by atoms with Crippen molar-refractivity contribution in [3.63, 3.8) is 0 Å². The Labute approximate surface area is 196 Å². The molecular formula is C29H21N5. The highest BCUT2D eigenvalue weighted by Gasteiger charge is 2.22. The van der Waals surface area contributed by atoms with E-state index in [1.807, 2.05) is 23.5 Å². The van der Waals surface area contributed by atoms with Crippen LogP contribution in [-0.2, 0) is 0 Å². The van der Waals surface area contributed by atoms with E-state index in [4.69, 9.17) is 4.99 Å². The quantitative estimate of drug-likeness (QED) is 0.314. The van der Waals surface area contributed by atoms with Gasteiger partial charge in [-0.1, -0.05) is 78.9 Å². The zero-order valence-corrected chi connectivity index (χ0v) is 18.7. The molecule has 3 heterocycles. The van der Waals surface area contributed by atoms with E-state index in [2.05, 4.69) is 88.4 Å². The molecule has 5 heteroatoms. The number of nitrogens with zero attached hydrogens (tertiary/aromatic N) is 5. The fourth-order valence-electron chi connectivity index (χ4n) is 4.83. The summed E-state index contributed by atoms with van der Waals surface area (Å²) in [5, 5.41) is 3.10. The van der Waals surface area contributed by atoms with Crippen molar-refractivity contribution in [3.8, 4) is 0 Å². The minimum Gasteiger partial charge on any atom is -0.274 e. The third kappa shape index (κ3) is 2.87. The lowest BCUT2D eigenvalue weighted by Gasteiger charge is -2.15. The predicted molar refractivity (Wildman–Crippen MR) is 141 cm³/mol. The summed E-state index contributed by atoms with van der Waals surface area (Å²) in [4.78, 5) is 18.7. The van der Waals surface area contributed by atoms with Gasteiger partial charge in [0, 0.05) is 34.6 Å². The molecule has 0 N–H and O–H groups in total. The summed E-state index contributed by atoms with van der Waals surface area (Å²) >= 11 is 0. The second-order valence-electron chi connectivity index (χ2n) is 7.97. The maximum Gasteiger partial charge on any atom is 0.165 e. The van der Waals surface area contributed by atoms with Gasteiger partial charge in [-0.2, -0.15) is 0 Å². The summed E-state index contributed by atoms with van der Waals surface area (Å²) in [5.41, 5.74) is 6.65. The van der Waals surface area contributed by atoms with E-state index in [1.54, 1.807) is 18.6 Å². The van der Waals surface area contributed by atoms with Gasteiger partial charge < -0.3 is 0 Å². The van der Waals surface area contributed by atoms with Crippen LogP contribution in [0.5, 0.6) is 0 Å². The number of hydrogen-bond donors (Lipinski definition) is 0. The fourth-order valence-corrected chi connectivity index (χ4v) is 4.83. The molecule has 0 saturated carbocycles. The number of pyridine rings is 1. The number of aliphatic imine (C=N–C) groups is 2. The molecule has 0 saturated heterocycles. The van der Waals surface area contributed by atoms with Gasteiger partial charge in [0.25, 0.3) is 0 Å². The van der Waals surface area contributed by atoms with Crippen LogP contribution in [0.1, 0.15) is 18.1 Å². The van der Waals surface area contributed by atoms with Crippen molar-refractivity contribution >= 4 is 57.5 Å². The molecule has 0 aliphatic rings. The molecule has 34 heavy (non-hydrogen) atoms. The lowest BCUT2D eigenvalue weighted by molar-refractivity contribution is 1.16. The summed E-state index contributed by atoms with van der Waals surface area (Å²) in [6, 6.07) is 27.2. The Morgan fingerprint density at radius 2 is 1.47 bits per heavy atom. The van der Waals surface area contributed by atoms with E-state index >= 15 is 0 Å². The highest BCUT2D eigenvalue weighted by Crippen LogP contribution is 2.37. The average Bonchev–Trinajstić information content (AvgIpc) is 3.23. The third-order valence-electron chi connectivity index (χ3n) is 6.12. The van der Waals surface area contributed by atoms with Gasteiger partial charge in [0.1, 0.15) is 11.2 Å². The van der Waals surface area contributed by atoms with Crippen LogP contribution >= 0.6 is 0 Å². The molecule has 6 aromatic rings. The van der Waals surface area contributed by atoms with Gasteiger partial charge in [0.15, 0.2) is 11.5 Å². The number of hydrogen-bond acceptors (Lipinski definition) is 4. The minimum absolute atomic E-state index is 0.650. The van der Waals surface area contributed by atoms with E-state index in [0.717, 1.165) is 55.1 Å². The van der Waals surface area contributed by atoms with E-state index in [-0.39, 0.29) is 0 Å². The molecule has 5 nitrogen and oxygen atoms in total. The average molecular weight is 440 g/mol. The van der Waals surface area contributed by atoms with Crippen LogP contribution in [0, 0.1) is 0 Å². The zero-order chi connectivity index (χ0) is 23.1. The monoisotopic (exact) mass is 439 g/mol. The van der Waals surface area contributed by atoms with Crippen molar-refractivity contribution in [1.82, 2.24) is 14.4 Å². The molecule has 0 amide bonds. The van der Waals surface area contributed by atoms with Gasteiger partial charge in [-0.3, -0.25) is 14.4 Å². The summed E-state index contributed by atoms with van der Waals surface area (Å²) in [5.74, 6) is 0.650. The maximum atomic E-state index is 4.86. The smallest absolute Gasteiger partial charge is 0.165 e. The molecule has 0 aliphatic carbocycles. The minimum atomic E-state index is 0.650. The molecule has 162 valence electrons. The Morgan fingerprint density at radius 3 is 2.12 bits per heavy atom. The summed E-state index contributed by atoms with van der Waals surface area (Å²) in [6.45, 7) is 5.85. The standard InChI is InChI=1S/C29H21N5/c1-3-31-26-24(23(19-11-6-4-7-12-19)20-13-8-5-9-14-20)21-15-10-16-22-25-29(33-18-17-32-25)34(27(21)22)28(26)30-2/h3-18H,2H2,1H3. The van der Waals surface area contributed by atoms with Crippen molar-refractivity contribution in [2.75, 3.05) is 0 Å². The maximum absolute atomic E-state index is 4.86. The first kappa shape index (κ1) is 20.0.